The molecular weight excluding hydrogens is 306 g/mol. The van der Waals surface area contributed by atoms with Gasteiger partial charge in [0.1, 0.15) is 0 Å². The highest BCUT2D eigenvalue weighted by Gasteiger charge is 2.15. The first-order valence-corrected chi connectivity index (χ1v) is 8.31. The van der Waals surface area contributed by atoms with E-state index in [9.17, 15) is 0 Å². The predicted molar refractivity (Wildman–Crippen MR) is 90.8 cm³/mol. The molecule has 1 aliphatic heterocycles. The second-order valence-corrected chi connectivity index (χ2v) is 5.91. The topological polar surface area (TPSA) is 68.9 Å². The van der Waals surface area contributed by atoms with Crippen LogP contribution in [0.1, 0.15) is 37.3 Å². The van der Waals surface area contributed by atoms with Gasteiger partial charge >= 0.3 is 0 Å². The molecule has 0 amide bonds. The average Bonchev–Trinajstić information content (AvgIpc) is 3.16. The zero-order valence-corrected chi connectivity index (χ0v) is 13.9. The first-order chi connectivity index (χ1) is 11.8. The molecule has 1 fully saturated rings. The van der Waals surface area contributed by atoms with E-state index in [-0.39, 0.29) is 6.29 Å². The minimum Gasteiger partial charge on any atom is -0.411 e. The molecule has 0 saturated carbocycles. The molecule has 0 spiro atoms. The summed E-state index contributed by atoms with van der Waals surface area (Å²) in [6, 6.07) is 6.04. The summed E-state index contributed by atoms with van der Waals surface area (Å²) in [4.78, 5) is 4.08. The Morgan fingerprint density at radius 2 is 2.38 bits per heavy atom. The lowest BCUT2D eigenvalue weighted by Gasteiger charge is -2.23. The summed E-state index contributed by atoms with van der Waals surface area (Å²) in [5.41, 5.74) is 3.61. The van der Waals surface area contributed by atoms with Gasteiger partial charge in [0.15, 0.2) is 6.29 Å². The summed E-state index contributed by atoms with van der Waals surface area (Å²) >= 11 is 0. The first kappa shape index (κ1) is 16.7. The van der Waals surface area contributed by atoms with Crippen LogP contribution in [0.2, 0.25) is 0 Å². The summed E-state index contributed by atoms with van der Waals surface area (Å²) in [6.07, 6.45) is 9.27. The number of hydrogen-bond acceptors (Lipinski definition) is 5. The van der Waals surface area contributed by atoms with Crippen molar-refractivity contribution < 1.29 is 14.7 Å². The maximum Gasteiger partial charge on any atom is 0.157 e. The number of aromatic nitrogens is 2. The molecule has 0 aliphatic carbocycles. The van der Waals surface area contributed by atoms with E-state index in [1.807, 2.05) is 22.9 Å². The van der Waals surface area contributed by atoms with Gasteiger partial charge in [0.2, 0.25) is 0 Å². The Bertz CT molecular complexity index is 677. The normalized spacial score (nSPS) is 18.7. The lowest BCUT2D eigenvalue weighted by atomic mass is 10.0. The molecule has 3 rings (SSSR count). The fourth-order valence-electron chi connectivity index (χ4n) is 2.91. The lowest BCUT2D eigenvalue weighted by molar-refractivity contribution is -0.161. The Morgan fingerprint density at radius 3 is 3.08 bits per heavy atom. The summed E-state index contributed by atoms with van der Waals surface area (Å²) in [5, 5.41) is 12.5. The van der Waals surface area contributed by atoms with E-state index in [1.54, 1.807) is 19.4 Å². The largest absolute Gasteiger partial charge is 0.411 e. The van der Waals surface area contributed by atoms with E-state index in [0.717, 1.165) is 49.1 Å². The third-order valence-corrected chi connectivity index (χ3v) is 4.24. The van der Waals surface area contributed by atoms with Crippen molar-refractivity contribution in [1.82, 2.24) is 9.55 Å². The van der Waals surface area contributed by atoms with Crippen LogP contribution in [0.15, 0.2) is 42.1 Å². The first-order valence-electron chi connectivity index (χ1n) is 8.31. The van der Waals surface area contributed by atoms with Crippen molar-refractivity contribution in [2.24, 2.45) is 5.16 Å². The van der Waals surface area contributed by atoms with Crippen LogP contribution in [-0.4, -0.2) is 40.0 Å². The SMILES string of the molecule is CC(=NO)c1ccc(-n2ccnc2)cc1CCOC1CCCCO1. The second kappa shape index (κ2) is 8.08. The van der Waals surface area contributed by atoms with Crippen molar-refractivity contribution in [2.75, 3.05) is 13.2 Å². The fraction of sp³-hybridized carbons (Fsp3) is 0.444. The molecule has 1 N–H and O–H groups in total. The minimum atomic E-state index is -0.0911. The van der Waals surface area contributed by atoms with E-state index in [1.165, 1.54) is 0 Å². The van der Waals surface area contributed by atoms with Gasteiger partial charge in [0.05, 0.1) is 18.6 Å². The van der Waals surface area contributed by atoms with E-state index in [4.69, 9.17) is 14.7 Å². The van der Waals surface area contributed by atoms with Crippen LogP contribution in [0.4, 0.5) is 0 Å². The number of ether oxygens (including phenoxy) is 2. The Labute approximate surface area is 141 Å². The maximum absolute atomic E-state index is 9.12. The molecule has 0 bridgehead atoms. The lowest BCUT2D eigenvalue weighted by Crippen LogP contribution is -2.23. The van der Waals surface area contributed by atoms with Gasteiger partial charge in [-0.15, -0.1) is 0 Å². The highest BCUT2D eigenvalue weighted by atomic mass is 16.7. The fourth-order valence-corrected chi connectivity index (χ4v) is 2.91. The van der Waals surface area contributed by atoms with Crippen molar-refractivity contribution in [2.45, 2.75) is 38.9 Å². The molecule has 1 aliphatic rings. The molecule has 128 valence electrons. The third kappa shape index (κ3) is 4.01. The number of nitrogens with zero attached hydrogens (tertiary/aromatic N) is 3. The van der Waals surface area contributed by atoms with E-state index in [2.05, 4.69) is 16.2 Å². The van der Waals surface area contributed by atoms with Gasteiger partial charge in [-0.3, -0.25) is 0 Å². The third-order valence-electron chi connectivity index (χ3n) is 4.24. The monoisotopic (exact) mass is 329 g/mol. The Morgan fingerprint density at radius 1 is 1.46 bits per heavy atom. The number of benzene rings is 1. The van der Waals surface area contributed by atoms with Crippen molar-refractivity contribution >= 4 is 5.71 Å². The zero-order valence-electron chi connectivity index (χ0n) is 13.9. The predicted octanol–water partition coefficient (Wildman–Crippen LogP) is 3.16. The summed E-state index contributed by atoms with van der Waals surface area (Å²) < 4.78 is 13.4. The summed E-state index contributed by atoms with van der Waals surface area (Å²) in [7, 11) is 0. The highest BCUT2D eigenvalue weighted by molar-refractivity contribution is 5.99. The maximum atomic E-state index is 9.12. The van der Waals surface area contributed by atoms with Crippen LogP contribution in [0.25, 0.3) is 5.69 Å². The van der Waals surface area contributed by atoms with Crippen LogP contribution in [0, 0.1) is 0 Å². The van der Waals surface area contributed by atoms with Crippen LogP contribution in [0.5, 0.6) is 0 Å². The van der Waals surface area contributed by atoms with Gasteiger partial charge in [-0.05, 0) is 50.3 Å². The molecule has 1 aromatic carbocycles. The molecule has 1 aromatic heterocycles. The molecule has 2 heterocycles. The van der Waals surface area contributed by atoms with Gasteiger partial charge in [0.25, 0.3) is 0 Å². The minimum absolute atomic E-state index is 0.0911. The van der Waals surface area contributed by atoms with Gasteiger partial charge in [-0.2, -0.15) is 0 Å². The Kier molecular flexibility index (Phi) is 5.61. The van der Waals surface area contributed by atoms with Gasteiger partial charge in [-0.1, -0.05) is 11.2 Å². The van der Waals surface area contributed by atoms with Crippen LogP contribution in [0.3, 0.4) is 0 Å². The van der Waals surface area contributed by atoms with Gasteiger partial charge in [0, 0.05) is 30.3 Å². The average molecular weight is 329 g/mol. The number of oxime groups is 1. The standard InChI is InChI=1S/C18H23N3O3/c1-14(20-22)17-6-5-16(21-9-8-19-13-21)12-15(17)7-11-24-18-4-2-3-10-23-18/h5-6,8-9,12-13,18,22H,2-4,7,10-11H2,1H3. The van der Waals surface area contributed by atoms with Gasteiger partial charge < -0.3 is 19.2 Å². The van der Waals surface area contributed by atoms with Crippen molar-refractivity contribution in [3.63, 3.8) is 0 Å². The van der Waals surface area contributed by atoms with Crippen molar-refractivity contribution in [3.8, 4) is 5.69 Å². The van der Waals surface area contributed by atoms with E-state index >= 15 is 0 Å². The van der Waals surface area contributed by atoms with Crippen molar-refractivity contribution in [3.05, 3.63) is 48.0 Å². The molecule has 1 atom stereocenters. The Hall–Kier alpha value is -2.18. The highest BCUT2D eigenvalue weighted by Crippen LogP contribution is 2.19. The molecule has 6 heteroatoms. The van der Waals surface area contributed by atoms with Crippen LogP contribution in [-0.2, 0) is 15.9 Å². The number of imidazole rings is 1. The molecule has 24 heavy (non-hydrogen) atoms. The number of hydrogen-bond donors (Lipinski definition) is 1. The molecule has 0 radical (unpaired) electrons. The summed E-state index contributed by atoms with van der Waals surface area (Å²) in [5.74, 6) is 0. The molecule has 1 saturated heterocycles. The Balaban J connectivity index is 1.73. The molecule has 1 unspecified atom stereocenters. The number of rotatable bonds is 6. The second-order valence-electron chi connectivity index (χ2n) is 5.91. The molecular formula is C18H23N3O3. The van der Waals surface area contributed by atoms with E-state index < -0.39 is 0 Å². The van der Waals surface area contributed by atoms with E-state index in [0.29, 0.717) is 12.3 Å². The van der Waals surface area contributed by atoms with Crippen LogP contribution < -0.4 is 0 Å². The quantitative estimate of drug-likeness (QED) is 0.502. The molecule has 2 aromatic rings. The molecule has 6 nitrogen and oxygen atoms in total. The summed E-state index contributed by atoms with van der Waals surface area (Å²) in [6.45, 7) is 3.15. The smallest absolute Gasteiger partial charge is 0.157 e. The van der Waals surface area contributed by atoms with Gasteiger partial charge in [-0.25, -0.2) is 4.98 Å². The van der Waals surface area contributed by atoms with Crippen molar-refractivity contribution in [1.29, 1.82) is 0 Å². The zero-order chi connectivity index (χ0) is 16.8. The van der Waals surface area contributed by atoms with Crippen LogP contribution >= 0.6 is 0 Å².